The molecule has 0 unspecified atom stereocenters. The topological polar surface area (TPSA) is 55.2 Å². The van der Waals surface area contributed by atoms with E-state index in [0.717, 1.165) is 18.4 Å². The number of rotatable bonds is 5. The van der Waals surface area contributed by atoms with E-state index in [1.165, 1.54) is 11.6 Å². The molecule has 21 heavy (non-hydrogen) atoms. The third-order valence-corrected chi connectivity index (χ3v) is 4.13. The summed E-state index contributed by atoms with van der Waals surface area (Å²) in [6, 6.07) is 17.9. The molecule has 0 bridgehead atoms. The molecule has 108 valence electrons. The Morgan fingerprint density at radius 1 is 1.10 bits per heavy atom. The molecule has 1 aliphatic rings. The molecule has 3 rings (SSSR count). The summed E-state index contributed by atoms with van der Waals surface area (Å²) in [4.78, 5) is 10.4. The average molecular weight is 282 g/mol. The van der Waals surface area contributed by atoms with Crippen LogP contribution in [-0.2, 0) is 6.54 Å². The molecule has 1 aliphatic carbocycles. The Balaban J connectivity index is 1.49. The molecular formula is C17H18N2O2. The summed E-state index contributed by atoms with van der Waals surface area (Å²) in [5.41, 5.74) is 2.53. The van der Waals surface area contributed by atoms with Gasteiger partial charge in [-0.2, -0.15) is 0 Å². The molecule has 4 heteroatoms. The smallest absolute Gasteiger partial charge is 0.269 e. The number of hydrogen-bond acceptors (Lipinski definition) is 3. The molecule has 2 aromatic carbocycles. The zero-order valence-electron chi connectivity index (χ0n) is 11.7. The second-order valence-corrected chi connectivity index (χ2v) is 5.58. The van der Waals surface area contributed by atoms with E-state index in [2.05, 4.69) is 29.6 Å². The molecule has 1 N–H and O–H groups in total. The average Bonchev–Trinajstić information content (AvgIpc) is 2.47. The number of benzene rings is 2. The van der Waals surface area contributed by atoms with Crippen LogP contribution < -0.4 is 5.32 Å². The fraction of sp³-hybridized carbons (Fsp3) is 0.294. The quantitative estimate of drug-likeness (QED) is 0.673. The molecule has 0 aromatic heterocycles. The first-order chi connectivity index (χ1) is 10.2. The standard InChI is InChI=1S/C17H18N2O2/c20-19(21)17-8-4-5-13(9-17)12-18-16-10-15(11-16)14-6-2-1-3-7-14/h1-9,15-16,18H,10-12H2. The summed E-state index contributed by atoms with van der Waals surface area (Å²) in [6.45, 7) is 0.688. The minimum absolute atomic E-state index is 0.157. The number of non-ortho nitro benzene ring substituents is 1. The third kappa shape index (κ3) is 3.28. The molecule has 0 heterocycles. The Labute approximate surface area is 124 Å². The van der Waals surface area contributed by atoms with Gasteiger partial charge in [-0.15, -0.1) is 0 Å². The maximum Gasteiger partial charge on any atom is 0.269 e. The lowest BCUT2D eigenvalue weighted by atomic mass is 9.76. The van der Waals surface area contributed by atoms with Crippen LogP contribution in [0.15, 0.2) is 54.6 Å². The zero-order valence-corrected chi connectivity index (χ0v) is 11.7. The van der Waals surface area contributed by atoms with Gasteiger partial charge in [0, 0.05) is 24.7 Å². The first-order valence-corrected chi connectivity index (χ1v) is 7.24. The minimum Gasteiger partial charge on any atom is -0.310 e. The largest absolute Gasteiger partial charge is 0.310 e. The molecule has 0 spiro atoms. The lowest BCUT2D eigenvalue weighted by Crippen LogP contribution is -2.39. The Kier molecular flexibility index (Phi) is 3.97. The highest BCUT2D eigenvalue weighted by Crippen LogP contribution is 2.36. The van der Waals surface area contributed by atoms with Gasteiger partial charge in [-0.3, -0.25) is 10.1 Å². The van der Waals surface area contributed by atoms with E-state index in [9.17, 15) is 10.1 Å². The number of nitrogens with one attached hydrogen (secondary N) is 1. The van der Waals surface area contributed by atoms with Gasteiger partial charge in [-0.25, -0.2) is 0 Å². The third-order valence-electron chi connectivity index (χ3n) is 4.13. The number of nitro benzene ring substituents is 1. The Morgan fingerprint density at radius 2 is 1.86 bits per heavy atom. The van der Waals surface area contributed by atoms with E-state index in [-0.39, 0.29) is 10.6 Å². The van der Waals surface area contributed by atoms with Gasteiger partial charge in [0.15, 0.2) is 0 Å². The van der Waals surface area contributed by atoms with Gasteiger partial charge in [0.25, 0.3) is 5.69 Å². The molecule has 0 saturated heterocycles. The van der Waals surface area contributed by atoms with Crippen LogP contribution in [0, 0.1) is 10.1 Å². The van der Waals surface area contributed by atoms with Gasteiger partial charge in [0.1, 0.15) is 0 Å². The minimum atomic E-state index is -0.349. The van der Waals surface area contributed by atoms with E-state index >= 15 is 0 Å². The van der Waals surface area contributed by atoms with Crippen LogP contribution in [0.4, 0.5) is 5.69 Å². The lowest BCUT2D eigenvalue weighted by Gasteiger charge is -2.36. The molecule has 2 aromatic rings. The monoisotopic (exact) mass is 282 g/mol. The first-order valence-electron chi connectivity index (χ1n) is 7.24. The van der Waals surface area contributed by atoms with Crippen molar-refractivity contribution in [2.24, 2.45) is 0 Å². The maximum absolute atomic E-state index is 10.7. The summed E-state index contributed by atoms with van der Waals surface area (Å²) in [7, 11) is 0. The van der Waals surface area contributed by atoms with Crippen molar-refractivity contribution >= 4 is 5.69 Å². The van der Waals surface area contributed by atoms with Gasteiger partial charge in [0.2, 0.25) is 0 Å². The molecule has 1 fully saturated rings. The predicted octanol–water partition coefficient (Wildman–Crippen LogP) is 3.63. The highest BCUT2D eigenvalue weighted by molar-refractivity contribution is 5.34. The number of nitrogens with zero attached hydrogens (tertiary/aromatic N) is 1. The Hall–Kier alpha value is -2.20. The fourth-order valence-electron chi connectivity index (χ4n) is 2.82. The SMILES string of the molecule is O=[N+]([O-])c1cccc(CNC2CC(c3ccccc3)C2)c1. The van der Waals surface area contributed by atoms with E-state index in [1.54, 1.807) is 12.1 Å². The Morgan fingerprint density at radius 3 is 2.57 bits per heavy atom. The van der Waals surface area contributed by atoms with Crippen LogP contribution >= 0.6 is 0 Å². The van der Waals surface area contributed by atoms with Crippen LogP contribution in [0.1, 0.15) is 29.9 Å². The zero-order chi connectivity index (χ0) is 14.7. The summed E-state index contributed by atoms with van der Waals surface area (Å²) >= 11 is 0. The predicted molar refractivity (Wildman–Crippen MR) is 82.1 cm³/mol. The van der Waals surface area contributed by atoms with E-state index in [0.29, 0.717) is 18.5 Å². The van der Waals surface area contributed by atoms with Crippen LogP contribution in [0.2, 0.25) is 0 Å². The summed E-state index contributed by atoms with van der Waals surface area (Å²) in [5, 5.41) is 14.2. The molecule has 0 amide bonds. The van der Waals surface area contributed by atoms with Gasteiger partial charge in [0.05, 0.1) is 4.92 Å². The van der Waals surface area contributed by atoms with Crippen molar-refractivity contribution in [2.75, 3.05) is 0 Å². The highest BCUT2D eigenvalue weighted by atomic mass is 16.6. The normalized spacial score (nSPS) is 20.8. The molecule has 0 aliphatic heterocycles. The summed E-state index contributed by atoms with van der Waals surface area (Å²) in [6.07, 6.45) is 2.28. The van der Waals surface area contributed by atoms with E-state index in [1.807, 2.05) is 12.1 Å². The van der Waals surface area contributed by atoms with Gasteiger partial charge < -0.3 is 5.32 Å². The highest BCUT2D eigenvalue weighted by Gasteiger charge is 2.29. The van der Waals surface area contributed by atoms with Crippen LogP contribution in [-0.4, -0.2) is 11.0 Å². The first kappa shape index (κ1) is 13.8. The number of nitro groups is 1. The van der Waals surface area contributed by atoms with Gasteiger partial charge in [-0.05, 0) is 29.9 Å². The van der Waals surface area contributed by atoms with Crippen molar-refractivity contribution in [3.05, 3.63) is 75.8 Å². The van der Waals surface area contributed by atoms with Crippen LogP contribution in [0.5, 0.6) is 0 Å². The van der Waals surface area contributed by atoms with Gasteiger partial charge >= 0.3 is 0 Å². The fourth-order valence-corrected chi connectivity index (χ4v) is 2.82. The molecular weight excluding hydrogens is 264 g/mol. The van der Waals surface area contributed by atoms with Crippen molar-refractivity contribution in [3.63, 3.8) is 0 Å². The van der Waals surface area contributed by atoms with Crippen LogP contribution in [0.3, 0.4) is 0 Å². The molecule has 0 radical (unpaired) electrons. The summed E-state index contributed by atoms with van der Waals surface area (Å²) < 4.78 is 0. The maximum atomic E-state index is 10.7. The van der Waals surface area contributed by atoms with Crippen LogP contribution in [0.25, 0.3) is 0 Å². The number of hydrogen-bond donors (Lipinski definition) is 1. The van der Waals surface area contributed by atoms with Gasteiger partial charge in [-0.1, -0.05) is 42.5 Å². The molecule has 4 nitrogen and oxygen atoms in total. The van der Waals surface area contributed by atoms with Crippen molar-refractivity contribution in [1.82, 2.24) is 5.32 Å². The van der Waals surface area contributed by atoms with Crippen molar-refractivity contribution in [2.45, 2.75) is 31.3 Å². The molecule has 1 saturated carbocycles. The van der Waals surface area contributed by atoms with Crippen molar-refractivity contribution in [1.29, 1.82) is 0 Å². The second kappa shape index (κ2) is 6.06. The lowest BCUT2D eigenvalue weighted by molar-refractivity contribution is -0.384. The Bertz CT molecular complexity index is 622. The summed E-state index contributed by atoms with van der Waals surface area (Å²) in [5.74, 6) is 0.647. The van der Waals surface area contributed by atoms with E-state index in [4.69, 9.17) is 0 Å². The van der Waals surface area contributed by atoms with E-state index < -0.39 is 0 Å². The second-order valence-electron chi connectivity index (χ2n) is 5.58. The van der Waals surface area contributed by atoms with Crippen molar-refractivity contribution in [3.8, 4) is 0 Å². The molecule has 0 atom stereocenters. The van der Waals surface area contributed by atoms with Crippen molar-refractivity contribution < 1.29 is 4.92 Å².